The Morgan fingerprint density at radius 1 is 1.14 bits per heavy atom. The average molecular weight is 386 g/mol. The van der Waals surface area contributed by atoms with Crippen LogP contribution in [0.15, 0.2) is 45.6 Å². The van der Waals surface area contributed by atoms with Gasteiger partial charge in [-0.25, -0.2) is 4.79 Å². The smallest absolute Gasteiger partial charge is 0.356 e. The van der Waals surface area contributed by atoms with Gasteiger partial charge < -0.3 is 14.1 Å². The first-order chi connectivity index (χ1) is 14.2. The van der Waals surface area contributed by atoms with Crippen molar-refractivity contribution >= 4 is 16.5 Å². The van der Waals surface area contributed by atoms with Crippen LogP contribution in [0.4, 0.5) is 5.69 Å². The number of hydrogen-bond donors (Lipinski definition) is 0. The summed E-state index contributed by atoms with van der Waals surface area (Å²) in [5.74, 6) is 1.94. The maximum absolute atomic E-state index is 12.8. The highest BCUT2D eigenvalue weighted by atomic mass is 16.5. The molecule has 0 radical (unpaired) electrons. The van der Waals surface area contributed by atoms with Gasteiger partial charge in [0.2, 0.25) is 0 Å². The van der Waals surface area contributed by atoms with Crippen molar-refractivity contribution in [1.29, 1.82) is 5.26 Å². The van der Waals surface area contributed by atoms with Crippen molar-refractivity contribution in [2.24, 2.45) is 5.92 Å². The number of anilines is 1. The molecule has 5 heteroatoms. The molecule has 1 aromatic heterocycles. The first-order valence-electron chi connectivity index (χ1n) is 10.2. The fourth-order valence-electron chi connectivity index (χ4n) is 4.52. The van der Waals surface area contributed by atoms with Gasteiger partial charge in [-0.3, -0.25) is 0 Å². The predicted octanol–water partition coefficient (Wildman–Crippen LogP) is 4.50. The minimum Gasteiger partial charge on any atom is -0.492 e. The Morgan fingerprint density at radius 2 is 1.93 bits per heavy atom. The highest BCUT2D eigenvalue weighted by Gasteiger charge is 2.30. The molecule has 3 aromatic rings. The molecule has 146 valence electrons. The van der Waals surface area contributed by atoms with E-state index in [-0.39, 0.29) is 5.56 Å². The Kier molecular flexibility index (Phi) is 4.28. The number of fused-ring (bicyclic) bond motifs is 5. The van der Waals surface area contributed by atoms with Gasteiger partial charge in [0.05, 0.1) is 17.9 Å². The number of ether oxygens (including phenoxy) is 1. The zero-order valence-electron chi connectivity index (χ0n) is 16.4. The molecule has 3 heterocycles. The third-order valence-electron chi connectivity index (χ3n) is 6.13. The van der Waals surface area contributed by atoms with E-state index in [2.05, 4.69) is 17.9 Å². The molecule has 0 spiro atoms. The van der Waals surface area contributed by atoms with E-state index >= 15 is 0 Å². The molecular formula is C24H22N2O3. The van der Waals surface area contributed by atoms with E-state index in [1.165, 1.54) is 0 Å². The van der Waals surface area contributed by atoms with Crippen LogP contribution in [0.3, 0.4) is 0 Å². The van der Waals surface area contributed by atoms with E-state index in [1.807, 2.05) is 36.4 Å². The summed E-state index contributed by atoms with van der Waals surface area (Å²) in [6.07, 6.45) is 2.70. The van der Waals surface area contributed by atoms with E-state index in [4.69, 9.17) is 9.15 Å². The minimum atomic E-state index is -0.569. The van der Waals surface area contributed by atoms with Gasteiger partial charge in [-0.1, -0.05) is 37.3 Å². The van der Waals surface area contributed by atoms with Crippen LogP contribution in [0.2, 0.25) is 0 Å². The summed E-state index contributed by atoms with van der Waals surface area (Å²) in [5, 5.41) is 11.8. The first-order valence-corrected chi connectivity index (χ1v) is 10.2. The topological polar surface area (TPSA) is 66.5 Å². The molecular weight excluding hydrogens is 364 g/mol. The molecule has 29 heavy (non-hydrogen) atoms. The Balaban J connectivity index is 1.77. The van der Waals surface area contributed by atoms with Crippen LogP contribution in [0.1, 0.15) is 30.9 Å². The number of hydrogen-bond acceptors (Lipinski definition) is 5. The van der Waals surface area contributed by atoms with Crippen molar-refractivity contribution in [3.8, 4) is 23.1 Å². The van der Waals surface area contributed by atoms with E-state index < -0.39 is 5.63 Å². The van der Waals surface area contributed by atoms with Crippen LogP contribution >= 0.6 is 0 Å². The standard InChI is InChI=1S/C24H22N2O3/c1-15-8-11-26(12-9-15)21-18-10-13-28-22-17-5-3-2-4-16(17)6-7-19(22)23(18)29-24(27)20(21)14-25/h2-7,15H,8-13H2,1H3. The van der Waals surface area contributed by atoms with Crippen LogP contribution in [0.25, 0.3) is 22.1 Å². The Bertz CT molecular complexity index is 1200. The normalized spacial score (nSPS) is 16.5. The van der Waals surface area contributed by atoms with E-state index in [0.29, 0.717) is 24.7 Å². The van der Waals surface area contributed by atoms with Gasteiger partial charge in [-0.05, 0) is 30.2 Å². The molecule has 0 bridgehead atoms. The highest BCUT2D eigenvalue weighted by molar-refractivity contribution is 5.95. The van der Waals surface area contributed by atoms with E-state index in [9.17, 15) is 10.1 Å². The molecule has 0 amide bonds. The van der Waals surface area contributed by atoms with Gasteiger partial charge >= 0.3 is 5.63 Å². The molecule has 0 N–H and O–H groups in total. The van der Waals surface area contributed by atoms with E-state index in [0.717, 1.165) is 59.3 Å². The summed E-state index contributed by atoms with van der Waals surface area (Å²) in [6, 6.07) is 14.1. The van der Waals surface area contributed by atoms with Crippen molar-refractivity contribution in [2.75, 3.05) is 24.6 Å². The Hall–Kier alpha value is -3.26. The fraction of sp³-hybridized carbons (Fsp3) is 0.333. The van der Waals surface area contributed by atoms with Crippen molar-refractivity contribution in [1.82, 2.24) is 0 Å². The monoisotopic (exact) mass is 386 g/mol. The first kappa shape index (κ1) is 17.8. The van der Waals surface area contributed by atoms with Gasteiger partial charge in [-0.2, -0.15) is 5.26 Å². The van der Waals surface area contributed by atoms with Crippen LogP contribution in [0, 0.1) is 17.2 Å². The molecule has 2 aliphatic heterocycles. The molecule has 2 aliphatic rings. The second-order valence-electron chi connectivity index (χ2n) is 7.96. The Labute approximate surface area is 169 Å². The predicted molar refractivity (Wildman–Crippen MR) is 112 cm³/mol. The van der Waals surface area contributed by atoms with E-state index in [1.54, 1.807) is 0 Å². The van der Waals surface area contributed by atoms with Gasteiger partial charge in [0.1, 0.15) is 17.6 Å². The van der Waals surface area contributed by atoms with Crippen LogP contribution in [-0.2, 0) is 6.42 Å². The molecule has 1 fully saturated rings. The lowest BCUT2D eigenvalue weighted by atomic mass is 9.95. The molecule has 0 atom stereocenters. The summed E-state index contributed by atoms with van der Waals surface area (Å²) in [6.45, 7) is 4.41. The van der Waals surface area contributed by atoms with Crippen LogP contribution < -0.4 is 15.3 Å². The lowest BCUT2D eigenvalue weighted by Crippen LogP contribution is -2.35. The number of nitriles is 1. The van der Waals surface area contributed by atoms with Crippen LogP contribution in [-0.4, -0.2) is 19.7 Å². The molecule has 0 unspecified atom stereocenters. The zero-order chi connectivity index (χ0) is 20.0. The zero-order valence-corrected chi connectivity index (χ0v) is 16.4. The Morgan fingerprint density at radius 3 is 2.72 bits per heavy atom. The largest absolute Gasteiger partial charge is 0.492 e. The molecule has 5 nitrogen and oxygen atoms in total. The average Bonchev–Trinajstić information content (AvgIpc) is 2.93. The second-order valence-corrected chi connectivity index (χ2v) is 7.96. The maximum atomic E-state index is 12.8. The third kappa shape index (κ3) is 2.87. The van der Waals surface area contributed by atoms with Crippen molar-refractivity contribution in [3.63, 3.8) is 0 Å². The number of nitrogens with zero attached hydrogens (tertiary/aromatic N) is 2. The number of rotatable bonds is 1. The number of piperidine rings is 1. The number of benzene rings is 2. The SMILES string of the molecule is CC1CCN(c2c3c(oc(=O)c2C#N)-c2ccc4ccccc4c2OCC3)CC1. The van der Waals surface area contributed by atoms with Gasteiger partial charge in [0, 0.05) is 30.5 Å². The lowest BCUT2D eigenvalue weighted by molar-refractivity contribution is 0.330. The minimum absolute atomic E-state index is 0.113. The third-order valence-corrected chi connectivity index (χ3v) is 6.13. The molecule has 0 saturated carbocycles. The summed E-state index contributed by atoms with van der Waals surface area (Å²) >= 11 is 0. The van der Waals surface area contributed by atoms with Gasteiger partial charge in [-0.15, -0.1) is 0 Å². The van der Waals surface area contributed by atoms with Crippen LogP contribution in [0.5, 0.6) is 5.75 Å². The van der Waals surface area contributed by atoms with Crippen molar-refractivity contribution in [2.45, 2.75) is 26.2 Å². The molecule has 5 rings (SSSR count). The summed E-state index contributed by atoms with van der Waals surface area (Å²) in [4.78, 5) is 15.0. The highest BCUT2D eigenvalue weighted by Crippen LogP contribution is 2.43. The molecule has 2 aromatic carbocycles. The molecule has 0 aliphatic carbocycles. The summed E-state index contributed by atoms with van der Waals surface area (Å²) < 4.78 is 11.9. The van der Waals surface area contributed by atoms with Gasteiger partial charge in [0.15, 0.2) is 5.56 Å². The quantitative estimate of drug-likeness (QED) is 0.616. The second kappa shape index (κ2) is 6.97. The lowest BCUT2D eigenvalue weighted by Gasteiger charge is -2.34. The maximum Gasteiger partial charge on any atom is 0.356 e. The molecule has 1 saturated heterocycles. The summed E-state index contributed by atoms with van der Waals surface area (Å²) in [7, 11) is 0. The fourth-order valence-corrected chi connectivity index (χ4v) is 4.52. The van der Waals surface area contributed by atoms with Crippen molar-refractivity contribution in [3.05, 3.63) is 57.9 Å². The van der Waals surface area contributed by atoms with Gasteiger partial charge in [0.25, 0.3) is 0 Å². The van der Waals surface area contributed by atoms with Crippen molar-refractivity contribution < 1.29 is 9.15 Å². The summed E-state index contributed by atoms with van der Waals surface area (Å²) in [5.41, 5.74) is 1.98.